The van der Waals surface area contributed by atoms with Crippen LogP contribution in [0.3, 0.4) is 0 Å². The fourth-order valence-electron chi connectivity index (χ4n) is 5.94. The molecule has 266 valence electrons. The van der Waals surface area contributed by atoms with E-state index in [1.165, 1.54) is 12.1 Å². The van der Waals surface area contributed by atoms with E-state index in [0.29, 0.717) is 19.0 Å². The van der Waals surface area contributed by atoms with Gasteiger partial charge < -0.3 is 35.8 Å². The van der Waals surface area contributed by atoms with E-state index in [2.05, 4.69) is 38.3 Å². The van der Waals surface area contributed by atoms with Crippen LogP contribution in [0.5, 0.6) is 11.5 Å². The molecule has 1 saturated heterocycles. The highest BCUT2D eigenvalue weighted by molar-refractivity contribution is 5.99. The van der Waals surface area contributed by atoms with Crippen LogP contribution in [-0.2, 0) is 38.6 Å². The Kier molecular flexibility index (Phi) is 12.8. The Morgan fingerprint density at radius 2 is 1.66 bits per heavy atom. The zero-order chi connectivity index (χ0) is 35.5. The summed E-state index contributed by atoms with van der Waals surface area (Å²) in [7, 11) is 0. The van der Waals surface area contributed by atoms with Gasteiger partial charge in [-0.3, -0.25) is 24.1 Å². The van der Waals surface area contributed by atoms with Gasteiger partial charge in [0.15, 0.2) is 0 Å². The molecule has 12 nitrogen and oxygen atoms in total. The number of phenolic OH excluding ortho intramolecular Hbond substituents is 1. The number of morpholine rings is 1. The van der Waals surface area contributed by atoms with E-state index in [-0.39, 0.29) is 49.6 Å². The fraction of sp³-hybridized carbons (Fsp3) is 0.421. The van der Waals surface area contributed by atoms with Gasteiger partial charge in [0.25, 0.3) is 5.91 Å². The average molecular weight is 686 g/mol. The van der Waals surface area contributed by atoms with Crippen LogP contribution in [-0.4, -0.2) is 84.7 Å². The third kappa shape index (κ3) is 10.5. The number of para-hydroxylation sites is 1. The maximum absolute atomic E-state index is 13.6. The largest absolute Gasteiger partial charge is 0.508 e. The van der Waals surface area contributed by atoms with Gasteiger partial charge in [0, 0.05) is 39.0 Å². The molecule has 50 heavy (non-hydrogen) atoms. The zero-order valence-corrected chi connectivity index (χ0v) is 28.7. The Balaban J connectivity index is 1.34. The van der Waals surface area contributed by atoms with Crippen LogP contribution in [0.1, 0.15) is 53.7 Å². The van der Waals surface area contributed by atoms with Gasteiger partial charge in [-0.25, -0.2) is 0 Å². The molecule has 0 saturated carbocycles. The summed E-state index contributed by atoms with van der Waals surface area (Å²) in [5.41, 5.74) is 3.01. The number of hydrogen-bond acceptors (Lipinski definition) is 8. The van der Waals surface area contributed by atoms with Crippen molar-refractivity contribution in [2.75, 3.05) is 32.9 Å². The van der Waals surface area contributed by atoms with E-state index in [4.69, 9.17) is 9.47 Å². The second-order valence-electron chi connectivity index (χ2n) is 13.1. The van der Waals surface area contributed by atoms with Crippen molar-refractivity contribution in [1.29, 1.82) is 0 Å². The van der Waals surface area contributed by atoms with E-state index >= 15 is 0 Å². The molecular formula is C38H47N5O7. The number of aromatic hydroxyl groups is 1. The number of hydrogen-bond donors (Lipinski definition) is 5. The molecule has 0 aliphatic carbocycles. The van der Waals surface area contributed by atoms with Crippen LogP contribution < -0.4 is 26.0 Å². The molecule has 5 N–H and O–H groups in total. The van der Waals surface area contributed by atoms with E-state index < -0.39 is 41.8 Å². The zero-order valence-electron chi connectivity index (χ0n) is 28.7. The van der Waals surface area contributed by atoms with Gasteiger partial charge in [0.1, 0.15) is 30.2 Å². The van der Waals surface area contributed by atoms with Gasteiger partial charge in [-0.2, -0.15) is 0 Å². The number of amides is 4. The molecule has 0 bridgehead atoms. The minimum atomic E-state index is -1.05. The van der Waals surface area contributed by atoms with Crippen LogP contribution in [0.25, 0.3) is 0 Å². The second-order valence-corrected chi connectivity index (χ2v) is 13.1. The van der Waals surface area contributed by atoms with Crippen molar-refractivity contribution in [3.8, 4) is 11.5 Å². The predicted octanol–water partition coefficient (Wildman–Crippen LogP) is 2.68. The van der Waals surface area contributed by atoms with Gasteiger partial charge in [-0.15, -0.1) is 0 Å². The Morgan fingerprint density at radius 1 is 0.920 bits per heavy atom. The minimum Gasteiger partial charge on any atom is -0.508 e. The topological polar surface area (TPSA) is 158 Å². The lowest BCUT2D eigenvalue weighted by atomic mass is 10.0. The Labute approximate surface area is 292 Å². The predicted molar refractivity (Wildman–Crippen MR) is 187 cm³/mol. The summed E-state index contributed by atoms with van der Waals surface area (Å²) in [5.74, 6) is -1.42. The molecular weight excluding hydrogens is 638 g/mol. The molecule has 5 rings (SSSR count). The number of nitrogens with one attached hydrogen (secondary N) is 4. The van der Waals surface area contributed by atoms with Crippen molar-refractivity contribution in [2.24, 2.45) is 5.92 Å². The molecule has 4 amide bonds. The molecule has 2 heterocycles. The smallest absolute Gasteiger partial charge is 0.255 e. The average Bonchev–Trinajstić information content (AvgIpc) is 3.11. The van der Waals surface area contributed by atoms with Crippen molar-refractivity contribution in [1.82, 2.24) is 26.2 Å². The van der Waals surface area contributed by atoms with Crippen LogP contribution in [0.2, 0.25) is 0 Å². The quantitative estimate of drug-likeness (QED) is 0.242. The summed E-state index contributed by atoms with van der Waals surface area (Å²) in [6.45, 7) is 8.13. The van der Waals surface area contributed by atoms with Crippen LogP contribution in [0, 0.1) is 5.92 Å². The molecule has 12 heteroatoms. The van der Waals surface area contributed by atoms with Gasteiger partial charge >= 0.3 is 0 Å². The van der Waals surface area contributed by atoms with Crippen LogP contribution >= 0.6 is 0 Å². The van der Waals surface area contributed by atoms with Crippen molar-refractivity contribution in [3.63, 3.8) is 0 Å². The Bertz CT molecular complexity index is 1620. The number of carbonyl (C=O) groups is 4. The highest BCUT2D eigenvalue weighted by Crippen LogP contribution is 2.20. The first kappa shape index (κ1) is 36.3. The Morgan fingerprint density at radius 3 is 2.42 bits per heavy atom. The van der Waals surface area contributed by atoms with E-state index in [0.717, 1.165) is 36.3 Å². The van der Waals surface area contributed by atoms with E-state index in [9.17, 15) is 24.3 Å². The summed E-state index contributed by atoms with van der Waals surface area (Å²) in [4.78, 5) is 56.6. The summed E-state index contributed by atoms with van der Waals surface area (Å²) < 4.78 is 11.6. The summed E-state index contributed by atoms with van der Waals surface area (Å²) in [6.07, 6.45) is 0.0434. The Hall–Kier alpha value is -4.94. The first-order valence-corrected chi connectivity index (χ1v) is 17.2. The molecule has 3 atom stereocenters. The lowest BCUT2D eigenvalue weighted by molar-refractivity contribution is -0.130. The molecule has 0 unspecified atom stereocenters. The van der Waals surface area contributed by atoms with E-state index in [1.54, 1.807) is 36.4 Å². The number of benzene rings is 3. The molecule has 2 aliphatic rings. The van der Waals surface area contributed by atoms with Crippen molar-refractivity contribution in [3.05, 3.63) is 95.1 Å². The number of ether oxygens (including phenoxy) is 2. The van der Waals surface area contributed by atoms with Gasteiger partial charge in [0.2, 0.25) is 17.7 Å². The van der Waals surface area contributed by atoms with Crippen LogP contribution in [0.4, 0.5) is 0 Å². The van der Waals surface area contributed by atoms with Gasteiger partial charge in [-0.05, 0) is 53.3 Å². The standard InChI is InChI=1S/C38H47N5O7/c1-25(2)33-24-50-34-9-4-3-8-30(34)36(46)41-31(14-15-35(45)40-32(38(48)42-33)21-26-10-12-29(44)13-11-26)37(47)39-22-27-6-5-7-28(20-27)23-43-16-18-49-19-17-43/h3-13,20,25,31-33,44H,14-19,21-24H2,1-2H3,(H,39,47)(H,40,45)(H,41,46)(H,42,48)/t31-,32-,33-/m0/s1. The van der Waals surface area contributed by atoms with Crippen molar-refractivity contribution >= 4 is 23.6 Å². The van der Waals surface area contributed by atoms with Crippen molar-refractivity contribution in [2.45, 2.75) is 64.3 Å². The van der Waals surface area contributed by atoms with Crippen LogP contribution in [0.15, 0.2) is 72.8 Å². The maximum Gasteiger partial charge on any atom is 0.255 e. The lowest BCUT2D eigenvalue weighted by Gasteiger charge is -2.26. The van der Waals surface area contributed by atoms with Crippen molar-refractivity contribution < 1.29 is 33.8 Å². The first-order chi connectivity index (χ1) is 24.1. The number of fused-ring (bicyclic) bond motifs is 1. The highest BCUT2D eigenvalue weighted by atomic mass is 16.5. The SMILES string of the molecule is CC(C)[C@@H]1COc2ccccc2C(=O)N[C@H](C(=O)NCc2cccc(CN3CCOCC3)c2)CCC(=O)N[C@@H](Cc2ccc(O)cc2)C(=O)N1. The van der Waals surface area contributed by atoms with E-state index in [1.807, 2.05) is 26.0 Å². The lowest BCUT2D eigenvalue weighted by Crippen LogP contribution is -2.53. The third-order valence-electron chi connectivity index (χ3n) is 8.96. The molecule has 0 spiro atoms. The molecule has 0 aromatic heterocycles. The third-order valence-corrected chi connectivity index (χ3v) is 8.96. The number of rotatable bonds is 8. The normalized spacial score (nSPS) is 21.0. The molecule has 2 aliphatic heterocycles. The maximum atomic E-state index is 13.6. The molecule has 3 aromatic carbocycles. The first-order valence-electron chi connectivity index (χ1n) is 17.2. The fourth-order valence-corrected chi connectivity index (χ4v) is 5.94. The molecule has 3 aromatic rings. The highest BCUT2D eigenvalue weighted by Gasteiger charge is 2.29. The summed E-state index contributed by atoms with van der Waals surface area (Å²) >= 11 is 0. The molecule has 0 radical (unpaired) electrons. The summed E-state index contributed by atoms with van der Waals surface area (Å²) in [6, 6.07) is 18.7. The molecule has 1 fully saturated rings. The van der Waals surface area contributed by atoms with Gasteiger partial charge in [-0.1, -0.05) is 62.4 Å². The van der Waals surface area contributed by atoms with Gasteiger partial charge in [0.05, 0.1) is 24.8 Å². The number of carbonyl (C=O) groups excluding carboxylic acids is 4. The number of phenols is 1. The minimum absolute atomic E-state index is 0.00826. The summed E-state index contributed by atoms with van der Waals surface area (Å²) in [5, 5.41) is 21.4. The monoisotopic (exact) mass is 685 g/mol. The second kappa shape index (κ2) is 17.6. The number of nitrogens with zero attached hydrogens (tertiary/aromatic N) is 1.